The summed E-state index contributed by atoms with van der Waals surface area (Å²) in [6, 6.07) is 9.41. The molecule has 1 aromatic rings. The molecule has 1 aromatic carbocycles. The number of rotatable bonds is 7. The molecule has 6 heteroatoms. The topological polar surface area (TPSA) is 78.6 Å². The van der Waals surface area contributed by atoms with Crippen LogP contribution in [0.25, 0.3) is 0 Å². The SMILES string of the molecule is NC(CCCC(=O)OCc1ccccc1)OC(=O)Cl. The van der Waals surface area contributed by atoms with Crippen LogP contribution in [0.2, 0.25) is 0 Å². The van der Waals surface area contributed by atoms with Gasteiger partial charge in [-0.15, -0.1) is 0 Å². The molecule has 1 rings (SSSR count). The van der Waals surface area contributed by atoms with Gasteiger partial charge in [0.05, 0.1) is 0 Å². The van der Waals surface area contributed by atoms with Gasteiger partial charge in [-0.1, -0.05) is 30.3 Å². The van der Waals surface area contributed by atoms with E-state index < -0.39 is 11.7 Å². The lowest BCUT2D eigenvalue weighted by molar-refractivity contribution is -0.145. The molecule has 0 radical (unpaired) electrons. The minimum atomic E-state index is -0.945. The fourth-order valence-corrected chi connectivity index (χ4v) is 1.55. The quantitative estimate of drug-likeness (QED) is 0.473. The first-order chi connectivity index (χ1) is 9.08. The lowest BCUT2D eigenvalue weighted by Gasteiger charge is -2.10. The van der Waals surface area contributed by atoms with Crippen molar-refractivity contribution in [3.8, 4) is 0 Å². The highest BCUT2D eigenvalue weighted by Gasteiger charge is 2.09. The first-order valence-electron chi connectivity index (χ1n) is 5.89. The number of nitrogens with two attached hydrogens (primary N) is 1. The zero-order valence-corrected chi connectivity index (χ0v) is 11.1. The molecule has 2 N–H and O–H groups in total. The number of halogens is 1. The second kappa shape index (κ2) is 8.50. The molecule has 0 aliphatic heterocycles. The van der Waals surface area contributed by atoms with E-state index in [4.69, 9.17) is 22.1 Å². The lowest BCUT2D eigenvalue weighted by Crippen LogP contribution is -2.25. The van der Waals surface area contributed by atoms with E-state index in [1.807, 2.05) is 30.3 Å². The van der Waals surface area contributed by atoms with Crippen molar-refractivity contribution in [2.75, 3.05) is 0 Å². The zero-order chi connectivity index (χ0) is 14.1. The van der Waals surface area contributed by atoms with Crippen molar-refractivity contribution in [3.05, 3.63) is 35.9 Å². The summed E-state index contributed by atoms with van der Waals surface area (Å²) in [6.45, 7) is 0.252. The van der Waals surface area contributed by atoms with Crippen molar-refractivity contribution in [1.82, 2.24) is 0 Å². The Labute approximate surface area is 116 Å². The molecular formula is C13H16ClNO4. The van der Waals surface area contributed by atoms with E-state index in [0.717, 1.165) is 5.56 Å². The fourth-order valence-electron chi connectivity index (χ4n) is 1.44. The summed E-state index contributed by atoms with van der Waals surface area (Å²) in [5, 5.41) is 0. The molecule has 0 amide bonds. The van der Waals surface area contributed by atoms with Crippen LogP contribution in [0.5, 0.6) is 0 Å². The Morgan fingerprint density at radius 3 is 2.58 bits per heavy atom. The summed E-state index contributed by atoms with van der Waals surface area (Å²) in [5.74, 6) is -0.312. The van der Waals surface area contributed by atoms with Crippen LogP contribution in [0.3, 0.4) is 0 Å². The van der Waals surface area contributed by atoms with E-state index in [0.29, 0.717) is 12.8 Å². The minimum absolute atomic E-state index is 0.223. The van der Waals surface area contributed by atoms with Crippen LogP contribution in [-0.2, 0) is 20.9 Å². The van der Waals surface area contributed by atoms with E-state index in [-0.39, 0.29) is 19.0 Å². The van der Waals surface area contributed by atoms with Crippen LogP contribution < -0.4 is 5.73 Å². The van der Waals surface area contributed by atoms with E-state index in [1.165, 1.54) is 0 Å². The second-order valence-corrected chi connectivity index (χ2v) is 4.24. The maximum Gasteiger partial charge on any atom is 0.405 e. The van der Waals surface area contributed by atoms with Gasteiger partial charge in [-0.05, 0) is 18.4 Å². The predicted molar refractivity (Wildman–Crippen MR) is 70.4 cm³/mol. The van der Waals surface area contributed by atoms with Gasteiger partial charge in [0, 0.05) is 18.0 Å². The summed E-state index contributed by atoms with van der Waals surface area (Å²) in [4.78, 5) is 21.8. The molecule has 0 saturated carbocycles. The van der Waals surface area contributed by atoms with Crippen molar-refractivity contribution < 1.29 is 19.1 Å². The monoisotopic (exact) mass is 285 g/mol. The minimum Gasteiger partial charge on any atom is -0.461 e. The van der Waals surface area contributed by atoms with Gasteiger partial charge >= 0.3 is 11.4 Å². The molecule has 0 spiro atoms. The molecule has 19 heavy (non-hydrogen) atoms. The molecule has 0 bridgehead atoms. The third kappa shape index (κ3) is 7.43. The molecule has 104 valence electrons. The van der Waals surface area contributed by atoms with Crippen LogP contribution in [0.4, 0.5) is 4.79 Å². The number of hydrogen-bond acceptors (Lipinski definition) is 5. The number of carbonyl (C=O) groups excluding carboxylic acids is 2. The molecule has 0 heterocycles. The van der Waals surface area contributed by atoms with Crippen LogP contribution in [0, 0.1) is 0 Å². The van der Waals surface area contributed by atoms with E-state index in [2.05, 4.69) is 4.74 Å². The Kier molecular flexibility index (Phi) is 6.92. The highest BCUT2D eigenvalue weighted by molar-refractivity contribution is 6.61. The largest absolute Gasteiger partial charge is 0.461 e. The summed E-state index contributed by atoms with van der Waals surface area (Å²) in [7, 11) is 0. The van der Waals surface area contributed by atoms with Gasteiger partial charge in [0.1, 0.15) is 6.61 Å². The first kappa shape index (κ1) is 15.5. The Morgan fingerprint density at radius 1 is 1.26 bits per heavy atom. The third-order valence-electron chi connectivity index (χ3n) is 2.36. The molecule has 0 fully saturated rings. The van der Waals surface area contributed by atoms with Crippen molar-refractivity contribution in [3.63, 3.8) is 0 Å². The van der Waals surface area contributed by atoms with Gasteiger partial charge in [-0.2, -0.15) is 0 Å². The van der Waals surface area contributed by atoms with Gasteiger partial charge in [0.25, 0.3) is 0 Å². The predicted octanol–water partition coefficient (Wildman–Crippen LogP) is 2.56. The maximum absolute atomic E-state index is 11.4. The number of carbonyl (C=O) groups is 2. The fraction of sp³-hybridized carbons (Fsp3) is 0.385. The number of benzene rings is 1. The molecule has 0 aromatic heterocycles. The van der Waals surface area contributed by atoms with E-state index >= 15 is 0 Å². The van der Waals surface area contributed by atoms with Crippen molar-refractivity contribution in [2.45, 2.75) is 32.1 Å². The summed E-state index contributed by atoms with van der Waals surface area (Å²) in [5.41, 5.74) is 5.43. The second-order valence-electron chi connectivity index (χ2n) is 3.93. The van der Waals surface area contributed by atoms with E-state index in [9.17, 15) is 9.59 Å². The Hall–Kier alpha value is -1.59. The molecule has 0 saturated heterocycles. The molecule has 0 aliphatic rings. The summed E-state index contributed by atoms with van der Waals surface area (Å²) < 4.78 is 9.59. The van der Waals surface area contributed by atoms with E-state index in [1.54, 1.807) is 0 Å². The number of ether oxygens (including phenoxy) is 2. The van der Waals surface area contributed by atoms with Crippen LogP contribution >= 0.6 is 11.6 Å². The molecule has 5 nitrogen and oxygen atoms in total. The van der Waals surface area contributed by atoms with Crippen molar-refractivity contribution in [2.24, 2.45) is 5.73 Å². The van der Waals surface area contributed by atoms with Crippen LogP contribution in [0.15, 0.2) is 30.3 Å². The Morgan fingerprint density at radius 2 is 1.95 bits per heavy atom. The standard InChI is InChI=1S/C13H16ClNO4/c14-13(17)19-11(15)7-4-8-12(16)18-9-10-5-2-1-3-6-10/h1-3,5-6,11H,4,7-9,15H2. The van der Waals surface area contributed by atoms with Gasteiger partial charge in [-0.25, -0.2) is 4.79 Å². The first-order valence-corrected chi connectivity index (χ1v) is 6.27. The molecule has 1 unspecified atom stereocenters. The van der Waals surface area contributed by atoms with Gasteiger partial charge in [0.2, 0.25) is 0 Å². The molecule has 0 aliphatic carbocycles. The highest BCUT2D eigenvalue weighted by atomic mass is 35.5. The zero-order valence-electron chi connectivity index (χ0n) is 10.4. The van der Waals surface area contributed by atoms with Gasteiger partial charge < -0.3 is 9.47 Å². The van der Waals surface area contributed by atoms with Crippen molar-refractivity contribution in [1.29, 1.82) is 0 Å². The summed E-state index contributed by atoms with van der Waals surface area (Å²) in [6.07, 6.45) is 0.269. The Bertz CT molecular complexity index is 410. The number of hydrogen-bond donors (Lipinski definition) is 1. The van der Waals surface area contributed by atoms with Crippen LogP contribution in [-0.4, -0.2) is 17.6 Å². The number of esters is 1. The summed E-state index contributed by atoms with van der Waals surface area (Å²) >= 11 is 5.00. The lowest BCUT2D eigenvalue weighted by atomic mass is 10.2. The van der Waals surface area contributed by atoms with Gasteiger partial charge in [0.15, 0.2) is 6.23 Å². The highest BCUT2D eigenvalue weighted by Crippen LogP contribution is 2.06. The van der Waals surface area contributed by atoms with Crippen LogP contribution in [0.1, 0.15) is 24.8 Å². The van der Waals surface area contributed by atoms with Gasteiger partial charge in [-0.3, -0.25) is 10.5 Å². The average molecular weight is 286 g/mol. The average Bonchev–Trinajstić information content (AvgIpc) is 2.36. The molecular weight excluding hydrogens is 270 g/mol. The third-order valence-corrected chi connectivity index (χ3v) is 2.45. The normalized spacial score (nSPS) is 11.7. The Balaban J connectivity index is 2.13. The van der Waals surface area contributed by atoms with Crippen molar-refractivity contribution >= 4 is 23.0 Å². The smallest absolute Gasteiger partial charge is 0.405 e. The maximum atomic E-state index is 11.4. The molecule has 1 atom stereocenters.